The molecule has 1 amide bonds. The van der Waals surface area contributed by atoms with E-state index in [1.54, 1.807) is 12.4 Å². The van der Waals surface area contributed by atoms with E-state index in [4.69, 9.17) is 5.11 Å². The third-order valence-electron chi connectivity index (χ3n) is 4.04. The maximum Gasteiger partial charge on any atom is 0.303 e. The molecule has 108 valence electrons. The zero-order valence-electron chi connectivity index (χ0n) is 11.7. The molecule has 20 heavy (non-hydrogen) atoms. The number of nitrogens with zero attached hydrogens (tertiary/aromatic N) is 1. The number of aryl methyl sites for hydroxylation is 1. The van der Waals surface area contributed by atoms with Crippen molar-refractivity contribution in [3.05, 3.63) is 24.0 Å². The number of carbonyl (C=O) groups is 2. The Kier molecular flexibility index (Phi) is 4.37. The predicted molar refractivity (Wildman–Crippen MR) is 75.4 cm³/mol. The average Bonchev–Trinajstić information content (AvgIpc) is 2.79. The second kappa shape index (κ2) is 6.03. The molecule has 1 aliphatic carbocycles. The highest BCUT2D eigenvalue weighted by Gasteiger charge is 2.38. The third kappa shape index (κ3) is 3.56. The molecule has 1 aromatic rings. The van der Waals surface area contributed by atoms with Gasteiger partial charge in [0.05, 0.1) is 18.3 Å². The van der Waals surface area contributed by atoms with Gasteiger partial charge >= 0.3 is 5.97 Å². The number of hydrogen-bond acceptors (Lipinski definition) is 3. The minimum absolute atomic E-state index is 0.0758. The highest BCUT2D eigenvalue weighted by atomic mass is 16.4. The normalized spacial score (nSPS) is 16.9. The van der Waals surface area contributed by atoms with Crippen molar-refractivity contribution in [3.8, 4) is 0 Å². The van der Waals surface area contributed by atoms with Gasteiger partial charge in [-0.15, -0.1) is 0 Å². The predicted octanol–water partition coefficient (Wildman–Crippen LogP) is 2.75. The fraction of sp³-hybridized carbons (Fsp3) is 0.533. The summed E-state index contributed by atoms with van der Waals surface area (Å²) in [5, 5.41) is 11.9. The molecule has 1 aromatic heterocycles. The summed E-state index contributed by atoms with van der Waals surface area (Å²) in [6.07, 6.45) is 7.29. The van der Waals surface area contributed by atoms with Crippen LogP contribution in [0, 0.1) is 12.3 Å². The van der Waals surface area contributed by atoms with E-state index in [2.05, 4.69) is 10.3 Å². The lowest BCUT2D eigenvalue weighted by Crippen LogP contribution is -2.27. The molecule has 0 unspecified atom stereocenters. The maximum absolute atomic E-state index is 12.2. The highest BCUT2D eigenvalue weighted by Crippen LogP contribution is 2.44. The molecule has 0 aliphatic heterocycles. The molecule has 0 atom stereocenters. The lowest BCUT2D eigenvalue weighted by molar-refractivity contribution is -0.140. The van der Waals surface area contributed by atoms with Gasteiger partial charge in [0.2, 0.25) is 5.91 Å². The van der Waals surface area contributed by atoms with Crippen LogP contribution in [0.15, 0.2) is 18.5 Å². The molecule has 0 saturated heterocycles. The van der Waals surface area contributed by atoms with Crippen LogP contribution < -0.4 is 5.32 Å². The molecule has 0 spiro atoms. The number of carbonyl (C=O) groups excluding carboxylic acids is 1. The van der Waals surface area contributed by atoms with Crippen molar-refractivity contribution in [2.24, 2.45) is 5.41 Å². The second-order valence-electron chi connectivity index (χ2n) is 5.69. The quantitative estimate of drug-likeness (QED) is 0.866. The number of hydrogen-bond donors (Lipinski definition) is 2. The average molecular weight is 276 g/mol. The van der Waals surface area contributed by atoms with Crippen LogP contribution in [0.3, 0.4) is 0 Å². The summed E-state index contributed by atoms with van der Waals surface area (Å²) in [6.45, 7) is 1.90. The first kappa shape index (κ1) is 14.5. The van der Waals surface area contributed by atoms with E-state index in [1.807, 2.05) is 13.0 Å². The molecular formula is C15H20N2O3. The van der Waals surface area contributed by atoms with Gasteiger partial charge in [0.25, 0.3) is 0 Å². The van der Waals surface area contributed by atoms with Gasteiger partial charge in [0.1, 0.15) is 0 Å². The summed E-state index contributed by atoms with van der Waals surface area (Å²) >= 11 is 0. The van der Waals surface area contributed by atoms with Crippen molar-refractivity contribution >= 4 is 17.6 Å². The molecule has 1 fully saturated rings. The number of pyridine rings is 1. The van der Waals surface area contributed by atoms with Gasteiger partial charge in [-0.1, -0.05) is 12.8 Å². The Hall–Kier alpha value is -1.91. The van der Waals surface area contributed by atoms with Crippen molar-refractivity contribution in [2.75, 3.05) is 5.32 Å². The monoisotopic (exact) mass is 276 g/mol. The number of amides is 1. The lowest BCUT2D eigenvalue weighted by Gasteiger charge is -2.26. The number of carboxylic acid groups (broad SMARTS) is 1. The molecule has 1 aliphatic rings. The van der Waals surface area contributed by atoms with Gasteiger partial charge in [-0.3, -0.25) is 14.6 Å². The summed E-state index contributed by atoms with van der Waals surface area (Å²) in [7, 11) is 0. The molecule has 0 aromatic carbocycles. The van der Waals surface area contributed by atoms with Gasteiger partial charge in [0, 0.05) is 12.6 Å². The molecule has 5 nitrogen and oxygen atoms in total. The van der Waals surface area contributed by atoms with Crippen molar-refractivity contribution in [3.63, 3.8) is 0 Å². The molecule has 2 N–H and O–H groups in total. The minimum Gasteiger partial charge on any atom is -0.481 e. The Labute approximate surface area is 118 Å². The zero-order chi connectivity index (χ0) is 14.6. The van der Waals surface area contributed by atoms with Crippen LogP contribution >= 0.6 is 0 Å². The van der Waals surface area contributed by atoms with Crippen LogP contribution in [0.25, 0.3) is 0 Å². The molecule has 5 heteroatoms. The van der Waals surface area contributed by atoms with Gasteiger partial charge in [-0.05, 0) is 36.8 Å². The summed E-state index contributed by atoms with van der Waals surface area (Å²) in [5.74, 6) is -0.943. The van der Waals surface area contributed by atoms with E-state index in [-0.39, 0.29) is 24.2 Å². The van der Waals surface area contributed by atoms with Crippen LogP contribution in [0.2, 0.25) is 0 Å². The lowest BCUT2D eigenvalue weighted by atomic mass is 9.79. The fourth-order valence-electron chi connectivity index (χ4n) is 2.99. The van der Waals surface area contributed by atoms with E-state index in [0.717, 1.165) is 31.2 Å². The third-order valence-corrected chi connectivity index (χ3v) is 4.04. The summed E-state index contributed by atoms with van der Waals surface area (Å²) in [6, 6.07) is 1.83. The number of aliphatic carboxylic acids is 1. The largest absolute Gasteiger partial charge is 0.481 e. The molecule has 1 saturated carbocycles. The molecule has 1 heterocycles. The Morgan fingerprint density at radius 2 is 2.05 bits per heavy atom. The Balaban J connectivity index is 2.02. The van der Waals surface area contributed by atoms with Crippen LogP contribution in [0.4, 0.5) is 5.69 Å². The second-order valence-corrected chi connectivity index (χ2v) is 5.69. The van der Waals surface area contributed by atoms with Crippen LogP contribution in [0.1, 0.15) is 44.1 Å². The Bertz CT molecular complexity index is 508. The topological polar surface area (TPSA) is 79.3 Å². The zero-order valence-corrected chi connectivity index (χ0v) is 11.7. The maximum atomic E-state index is 12.2. The highest BCUT2D eigenvalue weighted by molar-refractivity contribution is 5.92. The SMILES string of the molecule is Cc1ccncc1NC(=O)CC1(CC(=O)O)CCCC1. The summed E-state index contributed by atoms with van der Waals surface area (Å²) in [4.78, 5) is 27.2. The summed E-state index contributed by atoms with van der Waals surface area (Å²) in [5.41, 5.74) is 1.28. The minimum atomic E-state index is -0.822. The molecular weight excluding hydrogens is 256 g/mol. The first-order valence-corrected chi connectivity index (χ1v) is 6.93. The number of carboxylic acids is 1. The van der Waals surface area contributed by atoms with E-state index in [9.17, 15) is 9.59 Å². The van der Waals surface area contributed by atoms with Crippen LogP contribution in [0.5, 0.6) is 0 Å². The van der Waals surface area contributed by atoms with E-state index < -0.39 is 5.97 Å². The number of anilines is 1. The number of rotatable bonds is 5. The van der Waals surface area contributed by atoms with Gasteiger partial charge in [-0.2, -0.15) is 0 Å². The first-order valence-electron chi connectivity index (χ1n) is 6.93. The van der Waals surface area contributed by atoms with Crippen molar-refractivity contribution < 1.29 is 14.7 Å². The van der Waals surface area contributed by atoms with Crippen molar-refractivity contribution in [1.82, 2.24) is 4.98 Å². The standard InChI is InChI=1S/C15H20N2O3/c1-11-4-7-16-10-12(11)17-13(18)8-15(9-14(19)20)5-2-3-6-15/h4,7,10H,2-3,5-6,8-9H2,1H3,(H,17,18)(H,19,20). The van der Waals surface area contributed by atoms with E-state index >= 15 is 0 Å². The van der Waals surface area contributed by atoms with E-state index in [0.29, 0.717) is 5.69 Å². The smallest absolute Gasteiger partial charge is 0.303 e. The Morgan fingerprint density at radius 3 is 2.65 bits per heavy atom. The van der Waals surface area contributed by atoms with Gasteiger partial charge in [-0.25, -0.2) is 0 Å². The van der Waals surface area contributed by atoms with E-state index in [1.165, 1.54) is 0 Å². The first-order chi connectivity index (χ1) is 9.51. The van der Waals surface area contributed by atoms with Crippen LogP contribution in [-0.4, -0.2) is 22.0 Å². The molecule has 0 bridgehead atoms. The van der Waals surface area contributed by atoms with Crippen molar-refractivity contribution in [1.29, 1.82) is 0 Å². The fourth-order valence-corrected chi connectivity index (χ4v) is 2.99. The van der Waals surface area contributed by atoms with Crippen LogP contribution in [-0.2, 0) is 9.59 Å². The Morgan fingerprint density at radius 1 is 1.35 bits per heavy atom. The number of nitrogens with one attached hydrogen (secondary N) is 1. The number of aromatic nitrogens is 1. The molecule has 2 rings (SSSR count). The van der Waals surface area contributed by atoms with Gasteiger partial charge in [0.15, 0.2) is 0 Å². The van der Waals surface area contributed by atoms with Gasteiger partial charge < -0.3 is 10.4 Å². The van der Waals surface area contributed by atoms with Crippen molar-refractivity contribution in [2.45, 2.75) is 45.4 Å². The summed E-state index contributed by atoms with van der Waals surface area (Å²) < 4.78 is 0. The molecule has 0 radical (unpaired) electrons.